The van der Waals surface area contributed by atoms with E-state index in [1.54, 1.807) is 14.2 Å². The molecule has 0 saturated carbocycles. The van der Waals surface area contributed by atoms with E-state index in [1.165, 1.54) is 6.33 Å². The molecule has 3 rings (SSSR count). The molecule has 1 aliphatic rings. The summed E-state index contributed by atoms with van der Waals surface area (Å²) in [5, 5.41) is 6.91. The molecular formula is C14H19N5O2. The molecule has 0 unspecified atom stereocenters. The highest BCUT2D eigenvalue weighted by atomic mass is 16.5. The zero-order valence-corrected chi connectivity index (χ0v) is 12.2. The third kappa shape index (κ3) is 3.03. The van der Waals surface area contributed by atoms with Crippen LogP contribution in [0.25, 0.3) is 0 Å². The molecule has 7 nitrogen and oxygen atoms in total. The highest BCUT2D eigenvalue weighted by Crippen LogP contribution is 2.32. The third-order valence-corrected chi connectivity index (χ3v) is 3.80. The van der Waals surface area contributed by atoms with Crippen molar-refractivity contribution in [2.45, 2.75) is 25.1 Å². The van der Waals surface area contributed by atoms with E-state index in [4.69, 9.17) is 9.47 Å². The Balaban J connectivity index is 1.78. The molecule has 1 N–H and O–H groups in total. The average molecular weight is 289 g/mol. The smallest absolute Gasteiger partial charge is 0.213 e. The van der Waals surface area contributed by atoms with Gasteiger partial charge in [0.05, 0.1) is 24.9 Å². The van der Waals surface area contributed by atoms with Gasteiger partial charge in [0.25, 0.3) is 0 Å². The van der Waals surface area contributed by atoms with E-state index in [0.717, 1.165) is 31.0 Å². The molecule has 21 heavy (non-hydrogen) atoms. The van der Waals surface area contributed by atoms with Gasteiger partial charge >= 0.3 is 0 Å². The van der Waals surface area contributed by atoms with Crippen molar-refractivity contribution in [1.29, 1.82) is 0 Å². The number of H-pyrrole nitrogens is 1. The Labute approximate surface area is 123 Å². The second kappa shape index (κ2) is 6.19. The SMILES string of the molecule is COc1cccc(CN2C[C@H](OC)C[C@H]2c2ncn[nH]2)n1. The molecule has 1 saturated heterocycles. The molecule has 0 radical (unpaired) electrons. The van der Waals surface area contributed by atoms with Gasteiger partial charge in [0.1, 0.15) is 12.2 Å². The van der Waals surface area contributed by atoms with E-state index in [-0.39, 0.29) is 12.1 Å². The number of hydrogen-bond acceptors (Lipinski definition) is 6. The van der Waals surface area contributed by atoms with Crippen LogP contribution in [-0.2, 0) is 11.3 Å². The highest BCUT2D eigenvalue weighted by Gasteiger charge is 2.35. The molecule has 2 aromatic rings. The van der Waals surface area contributed by atoms with Crippen LogP contribution in [0.5, 0.6) is 5.88 Å². The van der Waals surface area contributed by atoms with Crippen molar-refractivity contribution in [3.8, 4) is 5.88 Å². The van der Waals surface area contributed by atoms with Crippen molar-refractivity contribution >= 4 is 0 Å². The topological polar surface area (TPSA) is 76.2 Å². The van der Waals surface area contributed by atoms with Crippen LogP contribution in [0, 0.1) is 0 Å². The summed E-state index contributed by atoms with van der Waals surface area (Å²) in [7, 11) is 3.37. The van der Waals surface area contributed by atoms with Crippen molar-refractivity contribution in [2.75, 3.05) is 20.8 Å². The zero-order chi connectivity index (χ0) is 14.7. The molecule has 1 aliphatic heterocycles. The number of ether oxygens (including phenoxy) is 2. The number of nitrogens with one attached hydrogen (secondary N) is 1. The number of rotatable bonds is 5. The summed E-state index contributed by atoms with van der Waals surface area (Å²) in [6.07, 6.45) is 2.64. The second-order valence-electron chi connectivity index (χ2n) is 5.08. The van der Waals surface area contributed by atoms with E-state index in [0.29, 0.717) is 5.88 Å². The number of aromatic amines is 1. The Morgan fingerprint density at radius 2 is 2.29 bits per heavy atom. The largest absolute Gasteiger partial charge is 0.481 e. The van der Waals surface area contributed by atoms with Gasteiger partial charge in [0, 0.05) is 26.3 Å². The number of methoxy groups -OCH3 is 2. The average Bonchev–Trinajstić information content (AvgIpc) is 3.16. The van der Waals surface area contributed by atoms with E-state index in [9.17, 15) is 0 Å². The summed E-state index contributed by atoms with van der Waals surface area (Å²) < 4.78 is 10.7. The van der Waals surface area contributed by atoms with Crippen LogP contribution in [-0.4, -0.2) is 51.9 Å². The monoisotopic (exact) mass is 289 g/mol. The lowest BCUT2D eigenvalue weighted by molar-refractivity contribution is 0.107. The quantitative estimate of drug-likeness (QED) is 0.890. The van der Waals surface area contributed by atoms with Gasteiger partial charge in [-0.2, -0.15) is 5.10 Å². The molecule has 3 heterocycles. The number of pyridine rings is 1. The van der Waals surface area contributed by atoms with Gasteiger partial charge in [-0.15, -0.1) is 0 Å². The minimum atomic E-state index is 0.172. The Kier molecular flexibility index (Phi) is 4.12. The molecule has 112 valence electrons. The summed E-state index contributed by atoms with van der Waals surface area (Å²) in [6.45, 7) is 1.57. The van der Waals surface area contributed by atoms with Crippen molar-refractivity contribution < 1.29 is 9.47 Å². The maximum Gasteiger partial charge on any atom is 0.213 e. The van der Waals surface area contributed by atoms with Crippen LogP contribution in [0.4, 0.5) is 0 Å². The van der Waals surface area contributed by atoms with Gasteiger partial charge in [-0.25, -0.2) is 9.97 Å². The lowest BCUT2D eigenvalue weighted by Gasteiger charge is -2.21. The zero-order valence-electron chi connectivity index (χ0n) is 12.2. The second-order valence-corrected chi connectivity index (χ2v) is 5.08. The van der Waals surface area contributed by atoms with E-state index < -0.39 is 0 Å². The predicted molar refractivity (Wildman–Crippen MR) is 75.7 cm³/mol. The van der Waals surface area contributed by atoms with Crippen LogP contribution in [0.15, 0.2) is 24.5 Å². The van der Waals surface area contributed by atoms with E-state index in [2.05, 4.69) is 25.1 Å². The number of aromatic nitrogens is 4. The van der Waals surface area contributed by atoms with Gasteiger partial charge in [-0.1, -0.05) is 6.07 Å². The first-order chi connectivity index (χ1) is 10.3. The lowest BCUT2D eigenvalue weighted by atomic mass is 10.2. The molecule has 0 aliphatic carbocycles. The van der Waals surface area contributed by atoms with Crippen molar-refractivity contribution in [2.24, 2.45) is 0 Å². The van der Waals surface area contributed by atoms with Gasteiger partial charge in [-0.3, -0.25) is 10.00 Å². The summed E-state index contributed by atoms with van der Waals surface area (Å²) in [5.41, 5.74) is 0.968. The van der Waals surface area contributed by atoms with Crippen molar-refractivity contribution in [3.63, 3.8) is 0 Å². The Hall–Kier alpha value is -1.99. The fourth-order valence-electron chi connectivity index (χ4n) is 2.73. The summed E-state index contributed by atoms with van der Waals surface area (Å²) >= 11 is 0. The highest BCUT2D eigenvalue weighted by molar-refractivity contribution is 5.16. The van der Waals surface area contributed by atoms with Crippen molar-refractivity contribution in [1.82, 2.24) is 25.1 Å². The van der Waals surface area contributed by atoms with Crippen LogP contribution < -0.4 is 4.74 Å². The molecule has 0 aromatic carbocycles. The Morgan fingerprint density at radius 1 is 1.38 bits per heavy atom. The standard InChI is InChI=1S/C14H19N5O2/c1-20-11-6-12(14-15-9-16-18-14)19(8-11)7-10-4-3-5-13(17-10)21-2/h3-5,9,11-12H,6-8H2,1-2H3,(H,15,16,18)/t11-,12+/m1/s1. The van der Waals surface area contributed by atoms with Gasteiger partial charge in [0.15, 0.2) is 0 Å². The van der Waals surface area contributed by atoms with Crippen LogP contribution >= 0.6 is 0 Å². The van der Waals surface area contributed by atoms with Crippen LogP contribution in [0.1, 0.15) is 24.0 Å². The number of nitrogens with zero attached hydrogens (tertiary/aromatic N) is 4. The fourth-order valence-corrected chi connectivity index (χ4v) is 2.73. The lowest BCUT2D eigenvalue weighted by Crippen LogP contribution is -2.25. The Morgan fingerprint density at radius 3 is 3.00 bits per heavy atom. The van der Waals surface area contributed by atoms with E-state index >= 15 is 0 Å². The summed E-state index contributed by atoms with van der Waals surface area (Å²) in [4.78, 5) is 11.1. The maximum absolute atomic E-state index is 5.50. The molecule has 0 spiro atoms. The normalized spacial score (nSPS) is 22.6. The molecular weight excluding hydrogens is 270 g/mol. The Bertz CT molecular complexity index is 575. The minimum Gasteiger partial charge on any atom is -0.481 e. The van der Waals surface area contributed by atoms with Crippen LogP contribution in [0.3, 0.4) is 0 Å². The predicted octanol–water partition coefficient (Wildman–Crippen LogP) is 1.17. The van der Waals surface area contributed by atoms with Crippen LogP contribution in [0.2, 0.25) is 0 Å². The number of likely N-dealkylation sites (tertiary alicyclic amines) is 1. The molecule has 0 bridgehead atoms. The first-order valence-corrected chi connectivity index (χ1v) is 6.92. The summed E-state index contributed by atoms with van der Waals surface area (Å²) in [6, 6.07) is 5.97. The first kappa shape index (κ1) is 14.0. The molecule has 2 aromatic heterocycles. The summed E-state index contributed by atoms with van der Waals surface area (Å²) in [5.74, 6) is 1.50. The van der Waals surface area contributed by atoms with Crippen molar-refractivity contribution in [3.05, 3.63) is 36.0 Å². The fraction of sp³-hybridized carbons (Fsp3) is 0.500. The van der Waals surface area contributed by atoms with Gasteiger partial charge < -0.3 is 9.47 Å². The molecule has 1 fully saturated rings. The third-order valence-electron chi connectivity index (χ3n) is 3.80. The molecule has 0 amide bonds. The molecule has 2 atom stereocenters. The van der Waals surface area contributed by atoms with Gasteiger partial charge in [0.2, 0.25) is 5.88 Å². The van der Waals surface area contributed by atoms with E-state index in [1.807, 2.05) is 18.2 Å². The number of hydrogen-bond donors (Lipinski definition) is 1. The first-order valence-electron chi connectivity index (χ1n) is 6.92. The van der Waals surface area contributed by atoms with Gasteiger partial charge in [-0.05, 0) is 12.5 Å². The minimum absolute atomic E-state index is 0.172. The maximum atomic E-state index is 5.50. The molecule has 7 heteroatoms.